The van der Waals surface area contributed by atoms with Gasteiger partial charge in [0.2, 0.25) is 5.78 Å². The number of likely N-dealkylation sites (tertiary alicyclic amines) is 1. The molecule has 1 aliphatic heterocycles. The molecule has 1 aromatic rings. The van der Waals surface area contributed by atoms with Crippen molar-refractivity contribution in [3.63, 3.8) is 0 Å². The Hall–Kier alpha value is -1.62. The van der Waals surface area contributed by atoms with E-state index in [2.05, 4.69) is 11.9 Å². The second-order valence-corrected chi connectivity index (χ2v) is 6.56. The highest BCUT2D eigenvalue weighted by Gasteiger charge is 2.33. The van der Waals surface area contributed by atoms with Gasteiger partial charge in [-0.2, -0.15) is 0 Å². The fourth-order valence-electron chi connectivity index (χ4n) is 3.53. The number of Topliss-reactive ketones (excluding diaryl/α,β-unsaturated/α-hetero) is 1. The number of ketones is 1. The van der Waals surface area contributed by atoms with Crippen molar-refractivity contribution in [3.8, 4) is 0 Å². The Labute approximate surface area is 132 Å². The van der Waals surface area contributed by atoms with Crippen LogP contribution < -0.4 is 4.90 Å². The monoisotopic (exact) mass is 307 g/mol. The van der Waals surface area contributed by atoms with Gasteiger partial charge in [-0.1, -0.05) is 6.92 Å². The van der Waals surface area contributed by atoms with E-state index < -0.39 is 5.97 Å². The van der Waals surface area contributed by atoms with Gasteiger partial charge in [0.25, 0.3) is 0 Å². The van der Waals surface area contributed by atoms with Crippen molar-refractivity contribution >= 4 is 11.8 Å². The number of hydrogen-bond acceptors (Lipinski definition) is 3. The standard InChI is InChI=1S/C17H26N2O3/c1-10-7-6-8-19(9-10)13(4)16(20)15-11(2)14(12(3)18-15)17(21)22-5/h10,13,18H,6-9H2,1-5H3/p+1/t10-,13-/m0/s1. The number of piperidine rings is 1. The number of nitrogens with one attached hydrogen (secondary N) is 2. The van der Waals surface area contributed by atoms with E-state index in [1.54, 1.807) is 6.92 Å². The molecule has 0 amide bonds. The predicted molar refractivity (Wildman–Crippen MR) is 84.5 cm³/mol. The number of aromatic nitrogens is 1. The minimum atomic E-state index is -0.392. The fraction of sp³-hybridized carbons (Fsp3) is 0.647. The number of esters is 1. The maximum Gasteiger partial charge on any atom is 0.339 e. The maximum absolute atomic E-state index is 12.8. The number of rotatable bonds is 4. The average molecular weight is 307 g/mol. The molecule has 3 atom stereocenters. The summed E-state index contributed by atoms with van der Waals surface area (Å²) in [7, 11) is 1.36. The predicted octanol–water partition coefficient (Wildman–Crippen LogP) is 1.30. The van der Waals surface area contributed by atoms with E-state index in [1.807, 2.05) is 13.8 Å². The Morgan fingerprint density at radius 1 is 1.36 bits per heavy atom. The second kappa shape index (κ2) is 6.65. The highest BCUT2D eigenvalue weighted by molar-refractivity contribution is 6.03. The number of carbonyl (C=O) groups excluding carboxylic acids is 2. The summed E-state index contributed by atoms with van der Waals surface area (Å²) in [5, 5.41) is 0. The first-order valence-corrected chi connectivity index (χ1v) is 8.03. The molecule has 1 fully saturated rings. The Bertz CT molecular complexity index is 577. The number of H-pyrrole nitrogens is 1. The molecule has 0 aliphatic carbocycles. The van der Waals surface area contributed by atoms with Crippen molar-refractivity contribution in [2.75, 3.05) is 20.2 Å². The third kappa shape index (κ3) is 3.09. The van der Waals surface area contributed by atoms with E-state index in [0.717, 1.165) is 13.1 Å². The van der Waals surface area contributed by atoms with Crippen LogP contribution in [0.25, 0.3) is 0 Å². The largest absolute Gasteiger partial charge is 0.465 e. The van der Waals surface area contributed by atoms with Gasteiger partial charge in [-0.3, -0.25) is 4.79 Å². The number of aromatic amines is 1. The van der Waals surface area contributed by atoms with Gasteiger partial charge in [-0.05, 0) is 39.2 Å². The molecule has 2 rings (SSSR count). The van der Waals surface area contributed by atoms with Crippen LogP contribution in [0.15, 0.2) is 0 Å². The van der Waals surface area contributed by atoms with Gasteiger partial charge < -0.3 is 14.6 Å². The zero-order chi connectivity index (χ0) is 16.4. The van der Waals surface area contributed by atoms with Crippen LogP contribution in [0.3, 0.4) is 0 Å². The van der Waals surface area contributed by atoms with Crippen LogP contribution in [-0.2, 0) is 4.74 Å². The summed E-state index contributed by atoms with van der Waals surface area (Å²) in [6, 6.07) is -0.0926. The third-order valence-electron chi connectivity index (χ3n) is 4.88. The lowest BCUT2D eigenvalue weighted by atomic mass is 9.97. The first-order chi connectivity index (χ1) is 10.4. The van der Waals surface area contributed by atoms with Crippen molar-refractivity contribution in [1.82, 2.24) is 4.98 Å². The first-order valence-electron chi connectivity index (χ1n) is 8.03. The molecule has 5 nitrogen and oxygen atoms in total. The van der Waals surface area contributed by atoms with Crippen LogP contribution in [0.1, 0.15) is 58.8 Å². The molecular weight excluding hydrogens is 280 g/mol. The normalized spacial score (nSPS) is 23.1. The number of quaternary nitrogens is 1. The molecule has 22 heavy (non-hydrogen) atoms. The SMILES string of the molecule is COC(=O)c1c(C)[nH]c(C(=O)[C@H](C)[NH+]2CCC[C@H](C)C2)c1C. The number of hydrogen-bond donors (Lipinski definition) is 2. The quantitative estimate of drug-likeness (QED) is 0.651. The number of carbonyl (C=O) groups is 2. The maximum atomic E-state index is 12.8. The lowest BCUT2D eigenvalue weighted by Gasteiger charge is -2.31. The van der Waals surface area contributed by atoms with Gasteiger partial charge in [0.1, 0.15) is 6.04 Å². The van der Waals surface area contributed by atoms with Gasteiger partial charge in [0.05, 0.1) is 31.5 Å². The minimum absolute atomic E-state index is 0.0832. The molecule has 0 bridgehead atoms. The van der Waals surface area contributed by atoms with Gasteiger partial charge in [-0.25, -0.2) is 4.79 Å². The molecule has 1 unspecified atom stereocenters. The molecule has 2 heterocycles. The van der Waals surface area contributed by atoms with Gasteiger partial charge >= 0.3 is 5.97 Å². The summed E-state index contributed by atoms with van der Waals surface area (Å²) in [5.41, 5.74) is 2.43. The highest BCUT2D eigenvalue weighted by Crippen LogP contribution is 2.20. The molecule has 0 radical (unpaired) electrons. The van der Waals surface area contributed by atoms with Crippen molar-refractivity contribution in [2.45, 2.75) is 46.6 Å². The van der Waals surface area contributed by atoms with Crippen molar-refractivity contribution in [1.29, 1.82) is 0 Å². The minimum Gasteiger partial charge on any atom is -0.465 e. The molecule has 5 heteroatoms. The van der Waals surface area contributed by atoms with Crippen LogP contribution in [0.5, 0.6) is 0 Å². The molecule has 1 aromatic heterocycles. The Morgan fingerprint density at radius 2 is 2.05 bits per heavy atom. The molecule has 122 valence electrons. The topological polar surface area (TPSA) is 63.6 Å². The summed E-state index contributed by atoms with van der Waals surface area (Å²) >= 11 is 0. The van der Waals surface area contributed by atoms with E-state index in [9.17, 15) is 9.59 Å². The summed E-state index contributed by atoms with van der Waals surface area (Å²) in [5.74, 6) is 0.354. The highest BCUT2D eigenvalue weighted by atomic mass is 16.5. The third-order valence-corrected chi connectivity index (χ3v) is 4.88. The summed E-state index contributed by atoms with van der Waals surface area (Å²) in [6.07, 6.45) is 2.42. The van der Waals surface area contributed by atoms with Crippen LogP contribution >= 0.6 is 0 Å². The van der Waals surface area contributed by atoms with Gasteiger partial charge in [0.15, 0.2) is 0 Å². The van der Waals surface area contributed by atoms with E-state index >= 15 is 0 Å². The lowest BCUT2D eigenvalue weighted by molar-refractivity contribution is -0.921. The van der Waals surface area contributed by atoms with Crippen LogP contribution in [0.2, 0.25) is 0 Å². The van der Waals surface area contributed by atoms with Crippen LogP contribution in [-0.4, -0.2) is 43.0 Å². The van der Waals surface area contributed by atoms with Crippen molar-refractivity contribution in [2.24, 2.45) is 5.92 Å². The zero-order valence-electron chi connectivity index (χ0n) is 14.2. The van der Waals surface area contributed by atoms with Crippen LogP contribution in [0, 0.1) is 19.8 Å². The van der Waals surface area contributed by atoms with E-state index in [4.69, 9.17) is 4.74 Å². The Balaban J connectivity index is 2.24. The number of aryl methyl sites for hydroxylation is 1. The Morgan fingerprint density at radius 3 is 2.64 bits per heavy atom. The molecule has 1 aliphatic rings. The van der Waals surface area contributed by atoms with Crippen molar-refractivity contribution in [3.05, 3.63) is 22.5 Å². The molecule has 2 N–H and O–H groups in total. The fourth-order valence-corrected chi connectivity index (χ4v) is 3.53. The summed E-state index contributed by atoms with van der Waals surface area (Å²) in [4.78, 5) is 29.1. The van der Waals surface area contributed by atoms with Gasteiger partial charge in [0, 0.05) is 11.6 Å². The van der Waals surface area contributed by atoms with Crippen molar-refractivity contribution < 1.29 is 19.2 Å². The smallest absolute Gasteiger partial charge is 0.339 e. The number of ether oxygens (including phenoxy) is 1. The molecule has 0 spiro atoms. The lowest BCUT2D eigenvalue weighted by Crippen LogP contribution is -3.17. The van der Waals surface area contributed by atoms with E-state index in [0.29, 0.717) is 28.4 Å². The zero-order valence-corrected chi connectivity index (χ0v) is 14.2. The molecule has 0 saturated carbocycles. The van der Waals surface area contributed by atoms with E-state index in [1.165, 1.54) is 24.9 Å². The molecule has 0 aromatic carbocycles. The molecular formula is C17H27N2O3+. The Kier molecular flexibility index (Phi) is 5.06. The van der Waals surface area contributed by atoms with E-state index in [-0.39, 0.29) is 11.8 Å². The molecule has 1 saturated heterocycles. The number of methoxy groups -OCH3 is 1. The summed E-state index contributed by atoms with van der Waals surface area (Å²) in [6.45, 7) is 9.93. The summed E-state index contributed by atoms with van der Waals surface area (Å²) < 4.78 is 4.81. The second-order valence-electron chi connectivity index (χ2n) is 6.56. The van der Waals surface area contributed by atoms with Gasteiger partial charge in [-0.15, -0.1) is 0 Å². The van der Waals surface area contributed by atoms with Crippen LogP contribution in [0.4, 0.5) is 0 Å². The first kappa shape index (κ1) is 16.7. The average Bonchev–Trinajstić information content (AvgIpc) is 2.80.